The molecular formula is C16H16ClN3OS. The van der Waals surface area contributed by atoms with Gasteiger partial charge in [-0.1, -0.05) is 11.6 Å². The van der Waals surface area contributed by atoms with Crippen LogP contribution in [0.1, 0.15) is 5.56 Å². The number of rotatable bonds is 1. The fraction of sp³-hybridized carbons (Fsp3) is 0.250. The summed E-state index contributed by atoms with van der Waals surface area (Å²) in [6, 6.07) is 5.86. The Kier molecular flexibility index (Phi) is 3.70. The molecule has 6 heteroatoms. The minimum absolute atomic E-state index is 0.0259. The molecule has 1 heterocycles. The van der Waals surface area contributed by atoms with Crippen LogP contribution in [0.5, 0.6) is 0 Å². The number of aromatic amines is 1. The second kappa shape index (κ2) is 5.41. The van der Waals surface area contributed by atoms with Crippen molar-refractivity contribution in [1.82, 2.24) is 4.98 Å². The lowest BCUT2D eigenvalue weighted by atomic mass is 10.2. The lowest BCUT2D eigenvalue weighted by molar-refractivity contribution is 1.13. The van der Waals surface area contributed by atoms with Crippen LogP contribution in [-0.4, -0.2) is 26.1 Å². The van der Waals surface area contributed by atoms with E-state index in [0.29, 0.717) is 14.9 Å². The first-order valence-electron chi connectivity index (χ1n) is 6.82. The summed E-state index contributed by atoms with van der Waals surface area (Å²) in [4.78, 5) is 22.0. The van der Waals surface area contributed by atoms with Crippen molar-refractivity contribution in [2.24, 2.45) is 4.99 Å². The normalized spacial score (nSPS) is 12.3. The number of nitrogens with one attached hydrogen (secondary N) is 1. The predicted molar refractivity (Wildman–Crippen MR) is 93.3 cm³/mol. The van der Waals surface area contributed by atoms with E-state index < -0.39 is 0 Å². The van der Waals surface area contributed by atoms with E-state index in [-0.39, 0.29) is 5.43 Å². The molecule has 4 nitrogen and oxygen atoms in total. The van der Waals surface area contributed by atoms with Gasteiger partial charge in [-0.3, -0.25) is 9.79 Å². The monoisotopic (exact) mass is 333 g/mol. The van der Waals surface area contributed by atoms with Gasteiger partial charge in [0.2, 0.25) is 5.43 Å². The van der Waals surface area contributed by atoms with Gasteiger partial charge in [0, 0.05) is 21.1 Å². The summed E-state index contributed by atoms with van der Waals surface area (Å²) in [6.07, 6.45) is 0. The first-order chi connectivity index (χ1) is 10.4. The Morgan fingerprint density at radius 1 is 1.27 bits per heavy atom. The van der Waals surface area contributed by atoms with E-state index in [1.807, 2.05) is 44.1 Å². The van der Waals surface area contributed by atoms with Crippen LogP contribution in [-0.2, 0) is 0 Å². The first-order valence-corrected chi connectivity index (χ1v) is 8.02. The summed E-state index contributed by atoms with van der Waals surface area (Å²) in [6.45, 7) is 1.90. The fourth-order valence-electron chi connectivity index (χ4n) is 2.55. The third-order valence-corrected chi connectivity index (χ3v) is 5.11. The minimum atomic E-state index is -0.0259. The van der Waals surface area contributed by atoms with Gasteiger partial charge < -0.3 is 9.88 Å². The van der Waals surface area contributed by atoms with Crippen molar-refractivity contribution in [2.45, 2.75) is 6.92 Å². The van der Waals surface area contributed by atoms with Gasteiger partial charge in [-0.2, -0.15) is 0 Å². The molecule has 0 bridgehead atoms. The van der Waals surface area contributed by atoms with Crippen molar-refractivity contribution in [3.05, 3.63) is 54.2 Å². The third kappa shape index (κ3) is 2.30. The molecule has 1 aliphatic carbocycles. The van der Waals surface area contributed by atoms with Crippen LogP contribution in [0.3, 0.4) is 0 Å². The van der Waals surface area contributed by atoms with Crippen LogP contribution in [0.25, 0.3) is 10.2 Å². The molecule has 114 valence electrons. The van der Waals surface area contributed by atoms with E-state index >= 15 is 0 Å². The van der Waals surface area contributed by atoms with Gasteiger partial charge in [-0.15, -0.1) is 11.3 Å². The maximum Gasteiger partial charge on any atom is 0.223 e. The molecule has 0 spiro atoms. The van der Waals surface area contributed by atoms with Gasteiger partial charge in [-0.25, -0.2) is 0 Å². The molecule has 1 aromatic carbocycles. The van der Waals surface area contributed by atoms with Crippen molar-refractivity contribution in [2.75, 3.05) is 26.0 Å². The highest BCUT2D eigenvalue weighted by atomic mass is 35.5. The summed E-state index contributed by atoms with van der Waals surface area (Å²) < 4.78 is 1.68. The van der Waals surface area contributed by atoms with Crippen LogP contribution < -0.4 is 15.7 Å². The van der Waals surface area contributed by atoms with E-state index in [1.165, 1.54) is 11.3 Å². The van der Waals surface area contributed by atoms with Crippen molar-refractivity contribution < 1.29 is 0 Å². The lowest BCUT2D eigenvalue weighted by Crippen LogP contribution is -2.28. The molecule has 0 fully saturated rings. The standard InChI is InChI=1S/C16H16ClN3OS/c1-8-5-11-16(15(21)14(8)18-2)22-13-7-12(20(3)4)9(17)6-10(13)19-11/h5-7,19H,1-4H3. The van der Waals surface area contributed by atoms with Gasteiger partial charge in [0.1, 0.15) is 9.89 Å². The average Bonchev–Trinajstić information content (AvgIpc) is 2.45. The van der Waals surface area contributed by atoms with Gasteiger partial charge in [0.15, 0.2) is 0 Å². The molecule has 0 radical (unpaired) electrons. The second-order valence-electron chi connectivity index (χ2n) is 5.39. The van der Waals surface area contributed by atoms with E-state index in [2.05, 4.69) is 9.98 Å². The van der Waals surface area contributed by atoms with Crippen molar-refractivity contribution >= 4 is 38.8 Å². The van der Waals surface area contributed by atoms with Gasteiger partial charge in [0.05, 0.1) is 26.3 Å². The van der Waals surface area contributed by atoms with Gasteiger partial charge in [0.25, 0.3) is 0 Å². The summed E-state index contributed by atoms with van der Waals surface area (Å²) >= 11 is 7.79. The van der Waals surface area contributed by atoms with E-state index in [1.54, 1.807) is 7.05 Å². The van der Waals surface area contributed by atoms with E-state index in [9.17, 15) is 4.79 Å². The van der Waals surface area contributed by atoms with Gasteiger partial charge >= 0.3 is 0 Å². The summed E-state index contributed by atoms with van der Waals surface area (Å²) in [7, 11) is 5.53. The molecule has 1 N–H and O–H groups in total. The Labute approximate surface area is 136 Å². The SMILES string of the molecule is CN=c1c(C)cc2[nH]c3cc(Cl)c(N(C)C)cc3sc=2c1=O. The van der Waals surface area contributed by atoms with Crippen molar-refractivity contribution in [1.29, 1.82) is 0 Å². The molecular weight excluding hydrogens is 318 g/mol. The smallest absolute Gasteiger partial charge is 0.223 e. The highest BCUT2D eigenvalue weighted by Crippen LogP contribution is 2.30. The van der Waals surface area contributed by atoms with Gasteiger partial charge in [-0.05, 0) is 30.7 Å². The zero-order valence-electron chi connectivity index (χ0n) is 12.8. The quantitative estimate of drug-likeness (QED) is 0.744. The number of fused-ring (bicyclic) bond motifs is 1. The molecule has 0 aromatic heterocycles. The highest BCUT2D eigenvalue weighted by molar-refractivity contribution is 7.16. The third-order valence-electron chi connectivity index (χ3n) is 3.64. The number of benzene rings is 1. The van der Waals surface area contributed by atoms with Crippen LogP contribution in [0.15, 0.2) is 28.0 Å². The van der Waals surface area contributed by atoms with Crippen LogP contribution in [0.2, 0.25) is 5.02 Å². The average molecular weight is 334 g/mol. The summed E-state index contributed by atoms with van der Waals surface area (Å²) in [5.41, 5.74) is 2.70. The number of hydrogen-bond donors (Lipinski definition) is 1. The molecule has 0 atom stereocenters. The van der Waals surface area contributed by atoms with Crippen molar-refractivity contribution in [3.8, 4) is 0 Å². The lowest BCUT2D eigenvalue weighted by Gasteiger charge is -2.15. The number of H-pyrrole nitrogens is 1. The van der Waals surface area contributed by atoms with E-state index in [4.69, 9.17) is 11.6 Å². The Bertz CT molecular complexity index is 1070. The first kappa shape index (κ1) is 15.1. The van der Waals surface area contributed by atoms with Crippen LogP contribution in [0, 0.1) is 16.8 Å². The molecule has 1 aliphatic heterocycles. The molecule has 0 saturated heterocycles. The molecule has 3 rings (SSSR count). The molecule has 1 aromatic rings. The minimum Gasteiger partial charge on any atom is -0.376 e. The molecule has 0 amide bonds. The number of aryl methyl sites for hydroxylation is 1. The molecule has 22 heavy (non-hydrogen) atoms. The number of hydrogen-bond acceptors (Lipinski definition) is 4. The Balaban J connectivity index is 2.52. The largest absolute Gasteiger partial charge is 0.376 e. The zero-order chi connectivity index (χ0) is 16.0. The summed E-state index contributed by atoms with van der Waals surface area (Å²) in [5, 5.41) is 2.03. The molecule has 0 saturated carbocycles. The summed E-state index contributed by atoms with van der Waals surface area (Å²) in [5.74, 6) is 0. The van der Waals surface area contributed by atoms with Crippen molar-refractivity contribution in [3.63, 3.8) is 0 Å². The number of anilines is 1. The molecule has 2 aliphatic rings. The highest BCUT2D eigenvalue weighted by Gasteiger charge is 2.09. The second-order valence-corrected chi connectivity index (χ2v) is 6.85. The van der Waals surface area contributed by atoms with E-state index in [0.717, 1.165) is 26.8 Å². The van der Waals surface area contributed by atoms with Crippen LogP contribution >= 0.6 is 22.9 Å². The maximum atomic E-state index is 12.6. The number of halogens is 1. The topological polar surface area (TPSA) is 48.5 Å². The Morgan fingerprint density at radius 3 is 2.64 bits per heavy atom. The fourth-order valence-corrected chi connectivity index (χ4v) is 3.91. The Morgan fingerprint density at radius 2 is 2.00 bits per heavy atom. The molecule has 0 unspecified atom stereocenters. The number of aromatic nitrogens is 1. The maximum absolute atomic E-state index is 12.6. The van der Waals surface area contributed by atoms with Crippen LogP contribution in [0.4, 0.5) is 5.69 Å². The predicted octanol–water partition coefficient (Wildman–Crippen LogP) is 2.87. The zero-order valence-corrected chi connectivity index (χ0v) is 14.4. The number of nitrogens with zero attached hydrogens (tertiary/aromatic N) is 2. The Hall–Kier alpha value is -1.85.